The van der Waals surface area contributed by atoms with Crippen molar-refractivity contribution in [1.29, 1.82) is 0 Å². The molecule has 3 N–H and O–H groups in total. The number of halogens is 1. The van der Waals surface area contributed by atoms with Gasteiger partial charge in [0.25, 0.3) is 0 Å². The molecule has 0 saturated heterocycles. The van der Waals surface area contributed by atoms with E-state index < -0.39 is 10.0 Å². The molecule has 0 radical (unpaired) electrons. The second kappa shape index (κ2) is 8.99. The van der Waals surface area contributed by atoms with Crippen LogP contribution < -0.4 is 15.2 Å². The van der Waals surface area contributed by atoms with Gasteiger partial charge in [0, 0.05) is 11.6 Å². The van der Waals surface area contributed by atoms with Gasteiger partial charge in [0.15, 0.2) is 5.82 Å². The Morgan fingerprint density at radius 1 is 1.14 bits per heavy atom. The highest BCUT2D eigenvalue weighted by molar-refractivity contribution is 7.89. The van der Waals surface area contributed by atoms with Gasteiger partial charge < -0.3 is 10.1 Å². The van der Waals surface area contributed by atoms with Crippen molar-refractivity contribution < 1.29 is 17.9 Å². The van der Waals surface area contributed by atoms with E-state index in [1.54, 1.807) is 36.4 Å². The highest BCUT2D eigenvalue weighted by Crippen LogP contribution is 2.16. The van der Waals surface area contributed by atoms with Crippen LogP contribution in [0.3, 0.4) is 0 Å². The molecule has 0 bridgehead atoms. The lowest BCUT2D eigenvalue weighted by atomic mass is 10.2. The Bertz CT molecular complexity index is 1080. The number of carbonyl (C=O) groups is 1. The van der Waals surface area contributed by atoms with Gasteiger partial charge in [-0.2, -0.15) is 0 Å². The number of primary sulfonamides is 1. The normalized spacial score (nSPS) is 11.2. The molecule has 152 valence electrons. The van der Waals surface area contributed by atoms with E-state index in [2.05, 4.69) is 20.8 Å². The number of nitrogens with zero attached hydrogens (tertiary/aromatic N) is 4. The van der Waals surface area contributed by atoms with Gasteiger partial charge in [-0.1, -0.05) is 23.7 Å². The predicted octanol–water partition coefficient (Wildman–Crippen LogP) is 0.869. The van der Waals surface area contributed by atoms with Crippen molar-refractivity contribution >= 4 is 27.5 Å². The lowest BCUT2D eigenvalue weighted by molar-refractivity contribution is -0.122. The third kappa shape index (κ3) is 5.98. The average molecular weight is 437 g/mol. The number of hydrogen-bond donors (Lipinski definition) is 2. The topological polar surface area (TPSA) is 142 Å². The molecule has 0 saturated carbocycles. The van der Waals surface area contributed by atoms with E-state index >= 15 is 0 Å². The zero-order chi connectivity index (χ0) is 20.9. The van der Waals surface area contributed by atoms with Crippen LogP contribution in [0.1, 0.15) is 11.4 Å². The summed E-state index contributed by atoms with van der Waals surface area (Å²) in [7, 11) is -3.75. The molecule has 1 amide bonds. The van der Waals surface area contributed by atoms with E-state index in [1.165, 1.54) is 16.8 Å². The first-order valence-electron chi connectivity index (χ1n) is 8.33. The molecule has 1 aromatic heterocycles. The van der Waals surface area contributed by atoms with Crippen molar-refractivity contribution in [3.8, 4) is 5.75 Å². The van der Waals surface area contributed by atoms with Crippen molar-refractivity contribution in [2.75, 3.05) is 0 Å². The van der Waals surface area contributed by atoms with Crippen LogP contribution in [-0.4, -0.2) is 34.5 Å². The molecule has 0 fully saturated rings. The standard InChI is InChI=1S/C17H17ClN6O4S/c18-13-3-5-14(6-4-13)28-11-16-21-22-23-24(16)10-17(25)20-9-12-1-7-15(8-2-12)29(19,26)27/h1-8H,9-11H2,(H,20,25)(H2,19,26,27). The average Bonchev–Trinajstić information content (AvgIpc) is 3.12. The Kier molecular flexibility index (Phi) is 6.42. The Morgan fingerprint density at radius 2 is 1.83 bits per heavy atom. The van der Waals surface area contributed by atoms with Crippen LogP contribution >= 0.6 is 11.6 Å². The summed E-state index contributed by atoms with van der Waals surface area (Å²) in [5, 5.41) is 19.6. The van der Waals surface area contributed by atoms with Gasteiger partial charge in [-0.3, -0.25) is 4.79 Å². The predicted molar refractivity (Wildman–Crippen MR) is 103 cm³/mol. The Morgan fingerprint density at radius 3 is 2.48 bits per heavy atom. The molecule has 0 aliphatic rings. The maximum atomic E-state index is 12.2. The van der Waals surface area contributed by atoms with Crippen molar-refractivity contribution in [1.82, 2.24) is 25.5 Å². The first-order chi connectivity index (χ1) is 13.8. The molecule has 12 heteroatoms. The van der Waals surface area contributed by atoms with Crippen LogP contribution in [0.15, 0.2) is 53.4 Å². The number of benzene rings is 2. The third-order valence-electron chi connectivity index (χ3n) is 3.82. The molecule has 0 aliphatic heterocycles. The fourth-order valence-electron chi connectivity index (χ4n) is 2.32. The minimum absolute atomic E-state index is 0.00611. The fraction of sp³-hybridized carbons (Fsp3) is 0.176. The van der Waals surface area contributed by atoms with Crippen molar-refractivity contribution in [2.45, 2.75) is 24.6 Å². The quantitative estimate of drug-likeness (QED) is 0.533. The molecule has 0 unspecified atom stereocenters. The van der Waals surface area contributed by atoms with E-state index in [4.69, 9.17) is 21.5 Å². The maximum Gasteiger partial charge on any atom is 0.242 e. The number of amides is 1. The summed E-state index contributed by atoms with van der Waals surface area (Å²) in [6.07, 6.45) is 0. The van der Waals surface area contributed by atoms with E-state index in [0.717, 1.165) is 0 Å². The highest BCUT2D eigenvalue weighted by atomic mass is 35.5. The van der Waals surface area contributed by atoms with Crippen molar-refractivity contribution in [2.24, 2.45) is 5.14 Å². The number of nitrogens with two attached hydrogens (primary N) is 1. The number of sulfonamides is 1. The van der Waals surface area contributed by atoms with Crippen LogP contribution in [0.2, 0.25) is 5.02 Å². The molecular weight excluding hydrogens is 420 g/mol. The zero-order valence-corrected chi connectivity index (χ0v) is 16.6. The van der Waals surface area contributed by atoms with Crippen LogP contribution in [0, 0.1) is 0 Å². The summed E-state index contributed by atoms with van der Waals surface area (Å²) in [4.78, 5) is 12.2. The molecule has 0 aliphatic carbocycles. The third-order valence-corrected chi connectivity index (χ3v) is 5.00. The van der Waals surface area contributed by atoms with Gasteiger partial charge >= 0.3 is 0 Å². The largest absolute Gasteiger partial charge is 0.486 e. The zero-order valence-electron chi connectivity index (χ0n) is 15.0. The molecule has 1 heterocycles. The number of aromatic nitrogens is 4. The fourth-order valence-corrected chi connectivity index (χ4v) is 2.96. The van der Waals surface area contributed by atoms with Crippen LogP contribution in [0.5, 0.6) is 5.75 Å². The van der Waals surface area contributed by atoms with Crippen LogP contribution in [-0.2, 0) is 34.5 Å². The number of tetrazole rings is 1. The van der Waals surface area contributed by atoms with Crippen molar-refractivity contribution in [3.63, 3.8) is 0 Å². The van der Waals surface area contributed by atoms with E-state index in [1.807, 2.05) is 0 Å². The molecule has 10 nitrogen and oxygen atoms in total. The lowest BCUT2D eigenvalue weighted by Gasteiger charge is -2.08. The first kappa shape index (κ1) is 20.7. The van der Waals surface area contributed by atoms with Gasteiger partial charge in [-0.05, 0) is 52.4 Å². The number of carbonyl (C=O) groups excluding carboxylic acids is 1. The maximum absolute atomic E-state index is 12.2. The summed E-state index contributed by atoms with van der Waals surface area (Å²) in [5.74, 6) is 0.657. The molecular formula is C17H17ClN6O4S. The monoisotopic (exact) mass is 436 g/mol. The minimum Gasteiger partial charge on any atom is -0.486 e. The number of rotatable bonds is 8. The molecule has 3 aromatic rings. The van der Waals surface area contributed by atoms with Gasteiger partial charge in [-0.25, -0.2) is 18.2 Å². The second-order valence-electron chi connectivity index (χ2n) is 5.96. The second-order valence-corrected chi connectivity index (χ2v) is 7.96. The van der Waals surface area contributed by atoms with E-state index in [-0.39, 0.29) is 30.5 Å². The number of nitrogens with one attached hydrogen (secondary N) is 1. The summed E-state index contributed by atoms with van der Waals surface area (Å²) >= 11 is 5.83. The smallest absolute Gasteiger partial charge is 0.242 e. The van der Waals surface area contributed by atoms with E-state index in [9.17, 15) is 13.2 Å². The molecule has 29 heavy (non-hydrogen) atoms. The Labute approximate surface area is 171 Å². The van der Waals surface area contributed by atoms with E-state index in [0.29, 0.717) is 22.2 Å². The number of hydrogen-bond acceptors (Lipinski definition) is 7. The summed E-state index contributed by atoms with van der Waals surface area (Å²) < 4.78 is 29.4. The Balaban J connectivity index is 1.52. The SMILES string of the molecule is NS(=O)(=O)c1ccc(CNC(=O)Cn2nnnc2COc2ccc(Cl)cc2)cc1. The van der Waals surface area contributed by atoms with Gasteiger partial charge in [0.1, 0.15) is 18.9 Å². The van der Waals surface area contributed by atoms with Crippen LogP contribution in [0.25, 0.3) is 0 Å². The molecule has 2 aromatic carbocycles. The summed E-state index contributed by atoms with van der Waals surface area (Å²) in [5.41, 5.74) is 0.716. The van der Waals surface area contributed by atoms with Crippen molar-refractivity contribution in [3.05, 3.63) is 64.9 Å². The van der Waals surface area contributed by atoms with Crippen LogP contribution in [0.4, 0.5) is 0 Å². The Hall–Kier alpha value is -3.02. The molecule has 3 rings (SSSR count). The first-order valence-corrected chi connectivity index (χ1v) is 10.3. The minimum atomic E-state index is -3.75. The number of ether oxygens (including phenoxy) is 1. The summed E-state index contributed by atoms with van der Waals surface area (Å²) in [6, 6.07) is 12.7. The highest BCUT2D eigenvalue weighted by Gasteiger charge is 2.12. The lowest BCUT2D eigenvalue weighted by Crippen LogP contribution is -2.28. The van der Waals surface area contributed by atoms with Gasteiger partial charge in [0.05, 0.1) is 4.90 Å². The molecule has 0 atom stereocenters. The van der Waals surface area contributed by atoms with Gasteiger partial charge in [0.2, 0.25) is 15.9 Å². The van der Waals surface area contributed by atoms with Gasteiger partial charge in [-0.15, -0.1) is 5.10 Å². The summed E-state index contributed by atoms with van der Waals surface area (Å²) in [6.45, 7) is 0.195. The molecule has 0 spiro atoms.